The van der Waals surface area contributed by atoms with Crippen LogP contribution in [0.1, 0.15) is 36.6 Å². The summed E-state index contributed by atoms with van der Waals surface area (Å²) in [6, 6.07) is 1.02. The maximum atomic E-state index is 12.6. The Kier molecular flexibility index (Phi) is 4.50. The molecule has 1 atom stereocenters. The molecule has 0 aliphatic rings. The van der Waals surface area contributed by atoms with E-state index in [0.717, 1.165) is 12.1 Å². The lowest BCUT2D eigenvalue weighted by atomic mass is 10.0. The van der Waals surface area contributed by atoms with E-state index in [1.54, 1.807) is 6.92 Å². The zero-order chi connectivity index (χ0) is 14.8. The van der Waals surface area contributed by atoms with Gasteiger partial charge in [-0.1, -0.05) is 6.92 Å². The SMILES string of the molecule is CCN[C@H](C)c1cc(C(F)(F)F)cc(C(F)(F)F)c1. The largest absolute Gasteiger partial charge is 0.416 e. The maximum Gasteiger partial charge on any atom is 0.416 e. The molecule has 0 radical (unpaired) electrons. The summed E-state index contributed by atoms with van der Waals surface area (Å²) >= 11 is 0. The van der Waals surface area contributed by atoms with Crippen LogP contribution in [0.5, 0.6) is 0 Å². The van der Waals surface area contributed by atoms with Crippen LogP contribution in [0.4, 0.5) is 26.3 Å². The van der Waals surface area contributed by atoms with Gasteiger partial charge in [-0.3, -0.25) is 0 Å². The fourth-order valence-electron chi connectivity index (χ4n) is 1.65. The number of benzene rings is 1. The van der Waals surface area contributed by atoms with Crippen LogP contribution < -0.4 is 5.32 Å². The number of nitrogens with one attached hydrogen (secondary N) is 1. The van der Waals surface area contributed by atoms with Crippen molar-refractivity contribution < 1.29 is 26.3 Å². The first-order chi connectivity index (χ1) is 8.55. The van der Waals surface area contributed by atoms with E-state index in [2.05, 4.69) is 5.32 Å². The van der Waals surface area contributed by atoms with E-state index in [9.17, 15) is 26.3 Å². The highest BCUT2D eigenvalue weighted by Crippen LogP contribution is 2.37. The van der Waals surface area contributed by atoms with Gasteiger partial charge in [0.05, 0.1) is 11.1 Å². The van der Waals surface area contributed by atoms with Gasteiger partial charge >= 0.3 is 12.4 Å². The van der Waals surface area contributed by atoms with E-state index in [0.29, 0.717) is 6.54 Å². The molecule has 0 aliphatic heterocycles. The Labute approximate surface area is 106 Å². The van der Waals surface area contributed by atoms with E-state index >= 15 is 0 Å². The fourth-order valence-corrected chi connectivity index (χ4v) is 1.65. The lowest BCUT2D eigenvalue weighted by molar-refractivity contribution is -0.143. The van der Waals surface area contributed by atoms with Crippen molar-refractivity contribution in [3.05, 3.63) is 34.9 Å². The van der Waals surface area contributed by atoms with Crippen molar-refractivity contribution in [3.8, 4) is 0 Å². The van der Waals surface area contributed by atoms with Gasteiger partial charge in [0.15, 0.2) is 0 Å². The molecule has 1 N–H and O–H groups in total. The molecule has 0 bridgehead atoms. The van der Waals surface area contributed by atoms with Crippen LogP contribution in [0.2, 0.25) is 0 Å². The first kappa shape index (κ1) is 15.8. The second kappa shape index (κ2) is 5.40. The average molecular weight is 285 g/mol. The van der Waals surface area contributed by atoms with Crippen LogP contribution in [-0.2, 0) is 12.4 Å². The van der Waals surface area contributed by atoms with Crippen molar-refractivity contribution in [2.75, 3.05) is 6.54 Å². The highest BCUT2D eigenvalue weighted by atomic mass is 19.4. The Bertz CT molecular complexity index is 403. The zero-order valence-electron chi connectivity index (χ0n) is 10.3. The van der Waals surface area contributed by atoms with Crippen molar-refractivity contribution in [1.82, 2.24) is 5.32 Å². The molecule has 1 aromatic carbocycles. The predicted octanol–water partition coefficient (Wildman–Crippen LogP) is 4.39. The van der Waals surface area contributed by atoms with Gasteiger partial charge in [0.2, 0.25) is 0 Å². The fraction of sp³-hybridized carbons (Fsp3) is 0.500. The molecule has 0 unspecified atom stereocenters. The average Bonchev–Trinajstić information content (AvgIpc) is 2.26. The Morgan fingerprint density at radius 1 is 0.947 bits per heavy atom. The summed E-state index contributed by atoms with van der Waals surface area (Å²) < 4.78 is 75.6. The molecule has 0 aliphatic carbocycles. The smallest absolute Gasteiger partial charge is 0.310 e. The van der Waals surface area contributed by atoms with Crippen LogP contribution in [0.15, 0.2) is 18.2 Å². The van der Waals surface area contributed by atoms with Crippen LogP contribution in [0, 0.1) is 0 Å². The number of hydrogen-bond acceptors (Lipinski definition) is 1. The molecular weight excluding hydrogens is 272 g/mol. The van der Waals surface area contributed by atoms with E-state index in [-0.39, 0.29) is 11.6 Å². The molecule has 1 rings (SSSR count). The molecule has 1 nitrogen and oxygen atoms in total. The second-order valence-corrected chi connectivity index (χ2v) is 4.12. The van der Waals surface area contributed by atoms with Gasteiger partial charge in [0.25, 0.3) is 0 Å². The first-order valence-electron chi connectivity index (χ1n) is 5.58. The topological polar surface area (TPSA) is 12.0 Å². The minimum Gasteiger partial charge on any atom is -0.310 e. The Balaban J connectivity index is 3.33. The van der Waals surface area contributed by atoms with Crippen molar-refractivity contribution in [1.29, 1.82) is 0 Å². The molecule has 0 spiro atoms. The minimum absolute atomic E-state index is 0.0380. The molecule has 0 amide bonds. The molecule has 0 aromatic heterocycles. The van der Waals surface area contributed by atoms with Crippen molar-refractivity contribution >= 4 is 0 Å². The predicted molar refractivity (Wildman–Crippen MR) is 58.5 cm³/mol. The summed E-state index contributed by atoms with van der Waals surface area (Å²) in [6.45, 7) is 3.67. The van der Waals surface area contributed by atoms with E-state index in [4.69, 9.17) is 0 Å². The number of halogens is 6. The van der Waals surface area contributed by atoms with Crippen LogP contribution in [0.3, 0.4) is 0 Å². The van der Waals surface area contributed by atoms with Gasteiger partial charge < -0.3 is 5.32 Å². The maximum absolute atomic E-state index is 12.6. The van der Waals surface area contributed by atoms with E-state index in [1.807, 2.05) is 0 Å². The Hall–Kier alpha value is -1.24. The summed E-state index contributed by atoms with van der Waals surface area (Å²) in [5, 5.41) is 2.78. The molecule has 0 heterocycles. The van der Waals surface area contributed by atoms with Crippen molar-refractivity contribution in [3.63, 3.8) is 0 Å². The molecule has 7 heteroatoms. The molecular formula is C12H13F6N. The standard InChI is InChI=1S/C12H13F6N/c1-3-19-7(2)8-4-9(11(13,14)15)6-10(5-8)12(16,17)18/h4-7,19H,3H2,1-2H3/t7-/m1/s1. The Morgan fingerprint density at radius 2 is 1.37 bits per heavy atom. The van der Waals surface area contributed by atoms with Gasteiger partial charge in [-0.25, -0.2) is 0 Å². The van der Waals surface area contributed by atoms with E-state index < -0.39 is 29.5 Å². The summed E-state index contributed by atoms with van der Waals surface area (Å²) in [7, 11) is 0. The molecule has 0 saturated heterocycles. The van der Waals surface area contributed by atoms with Gasteiger partial charge in [0, 0.05) is 6.04 Å². The zero-order valence-corrected chi connectivity index (χ0v) is 10.3. The van der Waals surface area contributed by atoms with Gasteiger partial charge in [0.1, 0.15) is 0 Å². The number of alkyl halides is 6. The van der Waals surface area contributed by atoms with Crippen LogP contribution in [-0.4, -0.2) is 6.54 Å². The molecule has 19 heavy (non-hydrogen) atoms. The summed E-state index contributed by atoms with van der Waals surface area (Å²) in [5.74, 6) is 0. The van der Waals surface area contributed by atoms with Gasteiger partial charge in [-0.15, -0.1) is 0 Å². The Morgan fingerprint density at radius 3 is 1.68 bits per heavy atom. The van der Waals surface area contributed by atoms with E-state index in [1.165, 1.54) is 6.92 Å². The molecule has 1 aromatic rings. The third-order valence-corrected chi connectivity index (χ3v) is 2.62. The quantitative estimate of drug-likeness (QED) is 0.812. The van der Waals surface area contributed by atoms with Gasteiger partial charge in [-0.2, -0.15) is 26.3 Å². The molecule has 0 fully saturated rings. The lowest BCUT2D eigenvalue weighted by Gasteiger charge is -2.18. The first-order valence-corrected chi connectivity index (χ1v) is 5.58. The minimum atomic E-state index is -4.80. The van der Waals surface area contributed by atoms with Crippen LogP contribution in [0.25, 0.3) is 0 Å². The third kappa shape index (κ3) is 4.12. The summed E-state index contributed by atoms with van der Waals surface area (Å²) in [6.07, 6.45) is -9.61. The highest BCUT2D eigenvalue weighted by molar-refractivity contribution is 5.35. The second-order valence-electron chi connectivity index (χ2n) is 4.12. The monoisotopic (exact) mass is 285 g/mol. The van der Waals surface area contributed by atoms with Gasteiger partial charge in [-0.05, 0) is 37.2 Å². The third-order valence-electron chi connectivity index (χ3n) is 2.62. The lowest BCUT2D eigenvalue weighted by Crippen LogP contribution is -2.20. The molecule has 0 saturated carbocycles. The number of rotatable bonds is 3. The normalized spacial score (nSPS) is 14.5. The number of hydrogen-bond donors (Lipinski definition) is 1. The summed E-state index contributed by atoms with van der Waals surface area (Å²) in [4.78, 5) is 0. The van der Waals surface area contributed by atoms with Crippen molar-refractivity contribution in [2.45, 2.75) is 32.2 Å². The molecule has 108 valence electrons. The summed E-state index contributed by atoms with van der Waals surface area (Å²) in [5.41, 5.74) is -2.62. The highest BCUT2D eigenvalue weighted by Gasteiger charge is 2.37. The van der Waals surface area contributed by atoms with Crippen LogP contribution >= 0.6 is 0 Å². The van der Waals surface area contributed by atoms with Crippen molar-refractivity contribution in [2.24, 2.45) is 0 Å².